The van der Waals surface area contributed by atoms with E-state index in [0.29, 0.717) is 50.6 Å². The van der Waals surface area contributed by atoms with Gasteiger partial charge in [-0.1, -0.05) is 25.5 Å². The number of likely N-dealkylation sites (tertiary alicyclic amines) is 1. The molecule has 7 heteroatoms. The first-order valence-electron chi connectivity index (χ1n) is 9.65. The van der Waals surface area contributed by atoms with Gasteiger partial charge in [-0.2, -0.15) is 0 Å². The predicted molar refractivity (Wildman–Crippen MR) is 101 cm³/mol. The van der Waals surface area contributed by atoms with Crippen LogP contribution in [-0.2, 0) is 14.3 Å². The van der Waals surface area contributed by atoms with E-state index in [2.05, 4.69) is 12.2 Å². The number of para-hydroxylation sites is 1. The van der Waals surface area contributed by atoms with Gasteiger partial charge < -0.3 is 19.9 Å². The first-order chi connectivity index (χ1) is 13.1. The lowest BCUT2D eigenvalue weighted by Gasteiger charge is -2.27. The van der Waals surface area contributed by atoms with Crippen molar-refractivity contribution in [3.63, 3.8) is 0 Å². The van der Waals surface area contributed by atoms with Gasteiger partial charge in [0.1, 0.15) is 0 Å². The number of benzene rings is 1. The van der Waals surface area contributed by atoms with Crippen LogP contribution in [0.4, 0.5) is 5.69 Å². The number of hydrogen-bond acceptors (Lipinski definition) is 4. The summed E-state index contributed by atoms with van der Waals surface area (Å²) in [5.41, 5.74) is 0.971. The van der Waals surface area contributed by atoms with Gasteiger partial charge in [-0.05, 0) is 18.6 Å². The number of nitrogens with one attached hydrogen (secondary N) is 1. The molecule has 0 bridgehead atoms. The molecule has 2 aliphatic rings. The standard InChI is InChI=1S/C20H27N3O4/c1-2-3-8-23-14-15(13-18(23)24)19(25)21-17-7-5-4-6-16(17)20(26)22-9-11-27-12-10-22/h4-7,15H,2-3,8-14H2,1H3,(H,21,25). The Morgan fingerprint density at radius 1 is 1.22 bits per heavy atom. The molecule has 1 unspecified atom stereocenters. The molecule has 1 atom stereocenters. The molecule has 7 nitrogen and oxygen atoms in total. The highest BCUT2D eigenvalue weighted by Gasteiger charge is 2.34. The van der Waals surface area contributed by atoms with Crippen LogP contribution in [0.1, 0.15) is 36.5 Å². The van der Waals surface area contributed by atoms with Gasteiger partial charge in [0.25, 0.3) is 5.91 Å². The van der Waals surface area contributed by atoms with E-state index in [1.165, 1.54) is 0 Å². The number of ether oxygens (including phenoxy) is 1. The molecule has 0 spiro atoms. The molecule has 3 amide bonds. The van der Waals surface area contributed by atoms with Crippen LogP contribution < -0.4 is 5.32 Å². The smallest absolute Gasteiger partial charge is 0.256 e. The summed E-state index contributed by atoms with van der Waals surface area (Å²) < 4.78 is 5.30. The molecular formula is C20H27N3O4. The largest absolute Gasteiger partial charge is 0.378 e. The molecule has 2 aliphatic heterocycles. The summed E-state index contributed by atoms with van der Waals surface area (Å²) >= 11 is 0. The van der Waals surface area contributed by atoms with Crippen LogP contribution in [0.2, 0.25) is 0 Å². The molecule has 0 saturated carbocycles. The van der Waals surface area contributed by atoms with Crippen molar-refractivity contribution in [2.75, 3.05) is 44.7 Å². The normalized spacial score (nSPS) is 20.0. The van der Waals surface area contributed by atoms with E-state index in [-0.39, 0.29) is 30.1 Å². The van der Waals surface area contributed by atoms with E-state index < -0.39 is 0 Å². The highest BCUT2D eigenvalue weighted by Crippen LogP contribution is 2.23. The maximum absolute atomic E-state index is 12.8. The van der Waals surface area contributed by atoms with Gasteiger partial charge in [0.2, 0.25) is 11.8 Å². The predicted octanol–water partition coefficient (Wildman–Crippen LogP) is 1.75. The Morgan fingerprint density at radius 2 is 1.96 bits per heavy atom. The van der Waals surface area contributed by atoms with Gasteiger partial charge in [-0.25, -0.2) is 0 Å². The maximum Gasteiger partial charge on any atom is 0.256 e. The molecule has 2 heterocycles. The maximum atomic E-state index is 12.8. The Hall–Kier alpha value is -2.41. The molecule has 146 valence electrons. The summed E-state index contributed by atoms with van der Waals surface area (Å²) in [5.74, 6) is -0.659. The van der Waals surface area contributed by atoms with Crippen LogP contribution in [0.5, 0.6) is 0 Å². The topological polar surface area (TPSA) is 79.0 Å². The van der Waals surface area contributed by atoms with Crippen LogP contribution in [0.3, 0.4) is 0 Å². The lowest BCUT2D eigenvalue weighted by molar-refractivity contribution is -0.128. The molecule has 1 N–H and O–H groups in total. The van der Waals surface area contributed by atoms with E-state index in [1.807, 2.05) is 0 Å². The highest BCUT2D eigenvalue weighted by atomic mass is 16.5. The molecule has 3 rings (SSSR count). The molecule has 1 aromatic carbocycles. The summed E-state index contributed by atoms with van der Waals surface area (Å²) in [6.07, 6.45) is 2.18. The van der Waals surface area contributed by atoms with Crippen molar-refractivity contribution in [2.24, 2.45) is 5.92 Å². The van der Waals surface area contributed by atoms with Gasteiger partial charge in [0, 0.05) is 32.6 Å². The molecule has 0 aliphatic carbocycles. The van der Waals surface area contributed by atoms with Gasteiger partial charge >= 0.3 is 0 Å². The molecule has 2 fully saturated rings. The summed E-state index contributed by atoms with van der Waals surface area (Å²) in [6.45, 7) is 5.37. The van der Waals surface area contributed by atoms with Gasteiger partial charge in [-0.15, -0.1) is 0 Å². The number of carbonyl (C=O) groups excluding carboxylic acids is 3. The third-order valence-corrected chi connectivity index (χ3v) is 5.08. The first kappa shape index (κ1) is 19.4. The van der Waals surface area contributed by atoms with Crippen molar-refractivity contribution in [3.05, 3.63) is 29.8 Å². The lowest BCUT2D eigenvalue weighted by Crippen LogP contribution is -2.41. The van der Waals surface area contributed by atoms with Gasteiger partial charge in [0.15, 0.2) is 0 Å². The van der Waals surface area contributed by atoms with Crippen molar-refractivity contribution in [1.29, 1.82) is 0 Å². The summed E-state index contributed by atoms with van der Waals surface area (Å²) in [7, 11) is 0. The fourth-order valence-corrected chi connectivity index (χ4v) is 3.46. The summed E-state index contributed by atoms with van der Waals surface area (Å²) in [4.78, 5) is 41.1. The quantitative estimate of drug-likeness (QED) is 0.824. The lowest BCUT2D eigenvalue weighted by atomic mass is 10.1. The zero-order valence-corrected chi connectivity index (χ0v) is 15.8. The summed E-state index contributed by atoms with van der Waals surface area (Å²) in [6, 6.07) is 7.03. The van der Waals surface area contributed by atoms with Gasteiger partial charge in [-0.3, -0.25) is 14.4 Å². The van der Waals surface area contributed by atoms with Crippen LogP contribution in [-0.4, -0.2) is 66.9 Å². The zero-order valence-electron chi connectivity index (χ0n) is 15.8. The van der Waals surface area contributed by atoms with Crippen LogP contribution in [0.25, 0.3) is 0 Å². The number of unbranched alkanes of at least 4 members (excludes halogenated alkanes) is 1. The van der Waals surface area contributed by atoms with Gasteiger partial charge in [0.05, 0.1) is 30.4 Å². The minimum Gasteiger partial charge on any atom is -0.378 e. The van der Waals surface area contributed by atoms with Crippen molar-refractivity contribution >= 4 is 23.4 Å². The highest BCUT2D eigenvalue weighted by molar-refractivity contribution is 6.05. The van der Waals surface area contributed by atoms with E-state index in [0.717, 1.165) is 12.8 Å². The minimum atomic E-state index is -0.374. The number of morpholine rings is 1. The van der Waals surface area contributed by atoms with Crippen molar-refractivity contribution in [2.45, 2.75) is 26.2 Å². The average molecular weight is 373 g/mol. The first-order valence-corrected chi connectivity index (χ1v) is 9.65. The van der Waals surface area contributed by atoms with E-state index in [4.69, 9.17) is 4.74 Å². The van der Waals surface area contributed by atoms with E-state index in [9.17, 15) is 14.4 Å². The van der Waals surface area contributed by atoms with Crippen LogP contribution >= 0.6 is 0 Å². The second kappa shape index (κ2) is 8.99. The van der Waals surface area contributed by atoms with E-state index in [1.54, 1.807) is 34.1 Å². The number of hydrogen-bond donors (Lipinski definition) is 1. The second-order valence-electron chi connectivity index (χ2n) is 7.03. The Balaban J connectivity index is 1.66. The number of rotatable bonds is 6. The number of anilines is 1. The monoisotopic (exact) mass is 373 g/mol. The molecular weight excluding hydrogens is 346 g/mol. The number of carbonyl (C=O) groups is 3. The Bertz CT molecular complexity index is 700. The fourth-order valence-electron chi connectivity index (χ4n) is 3.46. The van der Waals surface area contributed by atoms with Crippen molar-refractivity contribution < 1.29 is 19.1 Å². The molecule has 0 aromatic heterocycles. The molecule has 0 radical (unpaired) electrons. The van der Waals surface area contributed by atoms with E-state index >= 15 is 0 Å². The number of nitrogens with zero attached hydrogens (tertiary/aromatic N) is 2. The third kappa shape index (κ3) is 4.66. The Kier molecular flexibility index (Phi) is 6.45. The molecule has 1 aromatic rings. The number of amides is 3. The molecule has 27 heavy (non-hydrogen) atoms. The van der Waals surface area contributed by atoms with Crippen LogP contribution in [0.15, 0.2) is 24.3 Å². The van der Waals surface area contributed by atoms with Crippen molar-refractivity contribution in [1.82, 2.24) is 9.80 Å². The SMILES string of the molecule is CCCCN1CC(C(=O)Nc2ccccc2C(=O)N2CCOCC2)CC1=O. The summed E-state index contributed by atoms with van der Waals surface area (Å²) in [5, 5.41) is 2.87. The van der Waals surface area contributed by atoms with Crippen LogP contribution in [0, 0.1) is 5.92 Å². The van der Waals surface area contributed by atoms with Crippen molar-refractivity contribution in [3.8, 4) is 0 Å². The third-order valence-electron chi connectivity index (χ3n) is 5.08. The fraction of sp³-hybridized carbons (Fsp3) is 0.550. The Labute approximate surface area is 159 Å². The second-order valence-corrected chi connectivity index (χ2v) is 7.03. The zero-order chi connectivity index (χ0) is 19.2. The Morgan fingerprint density at radius 3 is 2.70 bits per heavy atom. The minimum absolute atomic E-state index is 0.0290. The average Bonchev–Trinajstić information content (AvgIpc) is 3.07. The molecule has 2 saturated heterocycles.